The summed E-state index contributed by atoms with van der Waals surface area (Å²) in [6.07, 6.45) is 5.05. The lowest BCUT2D eigenvalue weighted by Gasteiger charge is -1.93. The third kappa shape index (κ3) is 2.08. The van der Waals surface area contributed by atoms with Crippen LogP contribution in [0, 0.1) is 0 Å². The summed E-state index contributed by atoms with van der Waals surface area (Å²) in [5, 5.41) is 7.94. The van der Waals surface area contributed by atoms with Crippen LogP contribution in [-0.2, 0) is 0 Å². The zero-order valence-corrected chi connectivity index (χ0v) is 9.72. The van der Waals surface area contributed by atoms with Crippen LogP contribution in [0.25, 0.3) is 17.1 Å². The fraction of sp³-hybridized carbons (Fsp3) is 0. The van der Waals surface area contributed by atoms with Crippen molar-refractivity contribution >= 4 is 5.91 Å². The van der Waals surface area contributed by atoms with Crippen LogP contribution in [0.1, 0.15) is 10.6 Å². The monoisotopic (exact) mass is 255 g/mol. The van der Waals surface area contributed by atoms with Gasteiger partial charge in [0.2, 0.25) is 5.88 Å². The molecule has 0 saturated carbocycles. The minimum absolute atomic E-state index is 0.0772. The number of amides is 1. The van der Waals surface area contributed by atoms with Crippen LogP contribution < -0.4 is 5.73 Å². The molecule has 3 aromatic heterocycles. The van der Waals surface area contributed by atoms with Gasteiger partial charge in [-0.3, -0.25) is 9.78 Å². The number of nitrogens with two attached hydrogens (primary N) is 1. The third-order valence-electron chi connectivity index (χ3n) is 2.51. The number of furan rings is 1. The van der Waals surface area contributed by atoms with Crippen LogP contribution in [-0.4, -0.2) is 25.9 Å². The Kier molecular flexibility index (Phi) is 2.57. The van der Waals surface area contributed by atoms with Crippen molar-refractivity contribution in [3.8, 4) is 17.1 Å². The molecule has 0 radical (unpaired) electrons. The average molecular weight is 255 g/mol. The Labute approximate surface area is 107 Å². The molecule has 7 nitrogen and oxygen atoms in total. The highest BCUT2D eigenvalue weighted by molar-refractivity contribution is 5.90. The lowest BCUT2D eigenvalue weighted by atomic mass is 10.2. The van der Waals surface area contributed by atoms with Gasteiger partial charge in [-0.1, -0.05) is 5.21 Å². The average Bonchev–Trinajstić information content (AvgIpc) is 3.09. The molecule has 7 heteroatoms. The normalized spacial score (nSPS) is 10.5. The van der Waals surface area contributed by atoms with E-state index in [-0.39, 0.29) is 5.76 Å². The highest BCUT2D eigenvalue weighted by Gasteiger charge is 2.11. The van der Waals surface area contributed by atoms with Crippen LogP contribution in [0.5, 0.6) is 0 Å². The molecule has 3 heterocycles. The summed E-state index contributed by atoms with van der Waals surface area (Å²) in [4.78, 5) is 15.0. The Balaban J connectivity index is 1.94. The van der Waals surface area contributed by atoms with E-state index in [0.29, 0.717) is 11.6 Å². The Morgan fingerprint density at radius 1 is 1.32 bits per heavy atom. The summed E-state index contributed by atoms with van der Waals surface area (Å²) >= 11 is 0. The summed E-state index contributed by atoms with van der Waals surface area (Å²) in [6.45, 7) is 0. The number of hydrogen-bond acceptors (Lipinski definition) is 5. The van der Waals surface area contributed by atoms with Gasteiger partial charge in [0.1, 0.15) is 5.69 Å². The maximum atomic E-state index is 10.9. The number of carbonyl (C=O) groups excluding carboxylic acids is 1. The smallest absolute Gasteiger partial charge is 0.284 e. The summed E-state index contributed by atoms with van der Waals surface area (Å²) in [6, 6.07) is 6.77. The molecule has 0 spiro atoms. The number of aromatic nitrogens is 4. The summed E-state index contributed by atoms with van der Waals surface area (Å²) < 4.78 is 6.68. The van der Waals surface area contributed by atoms with Crippen molar-refractivity contribution in [3.63, 3.8) is 0 Å². The van der Waals surface area contributed by atoms with Crippen molar-refractivity contribution in [2.45, 2.75) is 0 Å². The second-order valence-corrected chi connectivity index (χ2v) is 3.79. The van der Waals surface area contributed by atoms with Crippen LogP contribution in [0.2, 0.25) is 0 Å². The molecule has 0 unspecified atom stereocenters. The van der Waals surface area contributed by atoms with Crippen molar-refractivity contribution < 1.29 is 9.21 Å². The Hall–Kier alpha value is -2.96. The van der Waals surface area contributed by atoms with Crippen LogP contribution in [0.3, 0.4) is 0 Å². The number of rotatable bonds is 3. The van der Waals surface area contributed by atoms with Crippen molar-refractivity contribution in [1.29, 1.82) is 0 Å². The molecular formula is C12H9N5O2. The predicted molar refractivity (Wildman–Crippen MR) is 65.4 cm³/mol. The van der Waals surface area contributed by atoms with E-state index in [2.05, 4.69) is 15.3 Å². The van der Waals surface area contributed by atoms with Gasteiger partial charge in [0.25, 0.3) is 5.91 Å². The summed E-state index contributed by atoms with van der Waals surface area (Å²) in [7, 11) is 0. The molecular weight excluding hydrogens is 246 g/mol. The standard InChI is InChI=1S/C12H9N5O2/c13-12(18)10-3-4-11(19-10)17-7-9(15-16-17)8-2-1-5-14-6-8/h1-7H,(H2,13,18). The minimum Gasteiger partial charge on any atom is -0.433 e. The first kappa shape index (κ1) is 11.1. The Morgan fingerprint density at radius 2 is 2.21 bits per heavy atom. The van der Waals surface area contributed by atoms with E-state index in [1.54, 1.807) is 24.7 Å². The summed E-state index contributed by atoms with van der Waals surface area (Å²) in [5.41, 5.74) is 6.62. The Bertz CT molecular complexity index is 717. The van der Waals surface area contributed by atoms with Gasteiger partial charge in [-0.25, -0.2) is 0 Å². The van der Waals surface area contributed by atoms with E-state index in [0.717, 1.165) is 5.56 Å². The minimum atomic E-state index is -0.626. The number of pyridine rings is 1. The molecule has 94 valence electrons. The molecule has 0 atom stereocenters. The fourth-order valence-corrected chi connectivity index (χ4v) is 1.60. The van der Waals surface area contributed by atoms with Crippen LogP contribution >= 0.6 is 0 Å². The number of primary amides is 1. The van der Waals surface area contributed by atoms with Crippen molar-refractivity contribution in [3.05, 3.63) is 48.6 Å². The van der Waals surface area contributed by atoms with Gasteiger partial charge >= 0.3 is 0 Å². The van der Waals surface area contributed by atoms with E-state index < -0.39 is 5.91 Å². The molecule has 0 aliphatic heterocycles. The predicted octanol–water partition coefficient (Wildman–Crippen LogP) is 1.02. The molecule has 1 amide bonds. The van der Waals surface area contributed by atoms with E-state index in [1.165, 1.54) is 10.7 Å². The van der Waals surface area contributed by atoms with Crippen LogP contribution in [0.4, 0.5) is 0 Å². The van der Waals surface area contributed by atoms with Crippen molar-refractivity contribution in [2.75, 3.05) is 0 Å². The number of nitrogens with zero attached hydrogens (tertiary/aromatic N) is 4. The highest BCUT2D eigenvalue weighted by Crippen LogP contribution is 2.17. The quantitative estimate of drug-likeness (QED) is 0.753. The lowest BCUT2D eigenvalue weighted by Crippen LogP contribution is -2.09. The van der Waals surface area contributed by atoms with Gasteiger partial charge in [0.05, 0.1) is 6.20 Å². The zero-order chi connectivity index (χ0) is 13.2. The largest absolute Gasteiger partial charge is 0.433 e. The second kappa shape index (κ2) is 4.37. The van der Waals surface area contributed by atoms with E-state index in [1.807, 2.05) is 12.1 Å². The molecule has 3 rings (SSSR count). The molecule has 0 fully saturated rings. The molecule has 19 heavy (non-hydrogen) atoms. The zero-order valence-electron chi connectivity index (χ0n) is 9.72. The number of carbonyl (C=O) groups is 1. The van der Waals surface area contributed by atoms with E-state index in [9.17, 15) is 4.79 Å². The first-order chi connectivity index (χ1) is 9.24. The summed E-state index contributed by atoms with van der Waals surface area (Å²) in [5.74, 6) is -0.177. The third-order valence-corrected chi connectivity index (χ3v) is 2.51. The lowest BCUT2D eigenvalue weighted by molar-refractivity contribution is 0.0973. The molecule has 3 aromatic rings. The topological polar surface area (TPSA) is 99.8 Å². The SMILES string of the molecule is NC(=O)c1ccc(-n2cc(-c3cccnc3)nn2)o1. The van der Waals surface area contributed by atoms with Gasteiger partial charge in [-0.05, 0) is 18.2 Å². The van der Waals surface area contributed by atoms with Crippen molar-refractivity contribution in [1.82, 2.24) is 20.0 Å². The van der Waals surface area contributed by atoms with Gasteiger partial charge < -0.3 is 10.2 Å². The van der Waals surface area contributed by atoms with E-state index >= 15 is 0 Å². The van der Waals surface area contributed by atoms with Gasteiger partial charge in [-0.15, -0.1) is 5.10 Å². The molecule has 0 aliphatic carbocycles. The second-order valence-electron chi connectivity index (χ2n) is 3.79. The molecule has 0 aromatic carbocycles. The maximum absolute atomic E-state index is 10.9. The van der Waals surface area contributed by atoms with Crippen molar-refractivity contribution in [2.24, 2.45) is 5.73 Å². The highest BCUT2D eigenvalue weighted by atomic mass is 16.4. The molecule has 0 aliphatic rings. The van der Waals surface area contributed by atoms with Gasteiger partial charge in [0, 0.05) is 24.0 Å². The molecule has 0 saturated heterocycles. The van der Waals surface area contributed by atoms with E-state index in [4.69, 9.17) is 10.2 Å². The van der Waals surface area contributed by atoms with Gasteiger partial charge in [0.15, 0.2) is 5.76 Å². The molecule has 0 bridgehead atoms. The van der Waals surface area contributed by atoms with Crippen LogP contribution in [0.15, 0.2) is 47.3 Å². The Morgan fingerprint density at radius 3 is 2.89 bits per heavy atom. The maximum Gasteiger partial charge on any atom is 0.284 e. The molecule has 2 N–H and O–H groups in total. The van der Waals surface area contributed by atoms with Gasteiger partial charge in [-0.2, -0.15) is 4.68 Å². The first-order valence-corrected chi connectivity index (χ1v) is 5.47. The fourth-order valence-electron chi connectivity index (χ4n) is 1.60. The number of hydrogen-bond donors (Lipinski definition) is 1. The first-order valence-electron chi connectivity index (χ1n) is 5.47.